The van der Waals surface area contributed by atoms with Crippen molar-refractivity contribution in [2.75, 3.05) is 19.2 Å². The van der Waals surface area contributed by atoms with E-state index >= 15 is 0 Å². The summed E-state index contributed by atoms with van der Waals surface area (Å²) in [6.07, 6.45) is -1.28. The van der Waals surface area contributed by atoms with E-state index in [2.05, 4.69) is 4.98 Å². The lowest BCUT2D eigenvalue weighted by Crippen LogP contribution is -2.39. The zero-order valence-corrected chi connectivity index (χ0v) is 16.7. The van der Waals surface area contributed by atoms with E-state index in [1.165, 1.54) is 16.1 Å². The molecule has 5 nitrogen and oxygen atoms in total. The summed E-state index contributed by atoms with van der Waals surface area (Å²) in [7, 11) is 3.18. The van der Waals surface area contributed by atoms with Crippen LogP contribution in [0.4, 0.5) is 19.0 Å². The Labute approximate surface area is 177 Å². The molecule has 0 spiro atoms. The Bertz CT molecular complexity index is 1140. The first-order chi connectivity index (χ1) is 14.8. The Balaban J connectivity index is 1.87. The number of alkyl halides is 3. The summed E-state index contributed by atoms with van der Waals surface area (Å²) >= 11 is 0. The first-order valence-electron chi connectivity index (χ1n) is 9.36. The van der Waals surface area contributed by atoms with Crippen molar-refractivity contribution in [2.45, 2.75) is 6.18 Å². The minimum atomic E-state index is -4.52. The zero-order valence-electron chi connectivity index (χ0n) is 16.7. The number of hydrazine groups is 1. The smallest absolute Gasteiger partial charge is 0.416 e. The van der Waals surface area contributed by atoms with E-state index in [1.54, 1.807) is 68.9 Å². The van der Waals surface area contributed by atoms with E-state index in [1.807, 2.05) is 0 Å². The maximum Gasteiger partial charge on any atom is 0.416 e. The van der Waals surface area contributed by atoms with Crippen molar-refractivity contribution in [2.24, 2.45) is 0 Å². The Morgan fingerprint density at radius 3 is 2.39 bits per heavy atom. The van der Waals surface area contributed by atoms with Crippen LogP contribution in [0.3, 0.4) is 0 Å². The Morgan fingerprint density at radius 2 is 1.77 bits per heavy atom. The number of carbonyl (C=O) groups is 1. The van der Waals surface area contributed by atoms with Crippen LogP contribution in [0.2, 0.25) is 0 Å². The van der Waals surface area contributed by atoms with Gasteiger partial charge >= 0.3 is 6.18 Å². The molecule has 31 heavy (non-hydrogen) atoms. The van der Waals surface area contributed by atoms with E-state index < -0.39 is 17.6 Å². The van der Waals surface area contributed by atoms with Crippen LogP contribution in [0.25, 0.3) is 11.8 Å². The molecule has 8 heteroatoms. The third-order valence-electron chi connectivity index (χ3n) is 4.97. The van der Waals surface area contributed by atoms with Crippen molar-refractivity contribution in [1.29, 1.82) is 0 Å². The summed E-state index contributed by atoms with van der Waals surface area (Å²) in [6, 6.07) is 15.4. The number of hydrogen-bond acceptors (Lipinski definition) is 4. The standard InChI is InChI=1S/C23H18F3N3O2/c1-28(21-5-3-4-12-27-21)29-20(13-15-6-9-17(31-2)10-7-15)19-14-16(23(24,25)26)8-11-18(19)22(29)30/h3-14H,1-2H3. The number of fused-ring (bicyclic) bond motifs is 1. The lowest BCUT2D eigenvalue weighted by molar-refractivity contribution is -0.137. The van der Waals surface area contributed by atoms with Gasteiger partial charge in [0.05, 0.1) is 23.9 Å². The average Bonchev–Trinajstić information content (AvgIpc) is 3.05. The Hall–Kier alpha value is -3.81. The van der Waals surface area contributed by atoms with E-state index in [0.29, 0.717) is 22.8 Å². The second-order valence-corrected chi connectivity index (χ2v) is 6.89. The largest absolute Gasteiger partial charge is 0.497 e. The highest BCUT2D eigenvalue weighted by Gasteiger charge is 2.39. The molecule has 0 N–H and O–H groups in total. The third-order valence-corrected chi connectivity index (χ3v) is 4.97. The van der Waals surface area contributed by atoms with Crippen molar-refractivity contribution in [3.05, 3.63) is 89.1 Å². The molecule has 0 bridgehead atoms. The Kier molecular flexibility index (Phi) is 5.14. The van der Waals surface area contributed by atoms with Gasteiger partial charge in [-0.3, -0.25) is 9.80 Å². The molecule has 2 aromatic carbocycles. The fraction of sp³-hybridized carbons (Fsp3) is 0.130. The van der Waals surface area contributed by atoms with Gasteiger partial charge in [-0.05, 0) is 54.1 Å². The highest BCUT2D eigenvalue weighted by atomic mass is 19.4. The monoisotopic (exact) mass is 425 g/mol. The van der Waals surface area contributed by atoms with Crippen LogP contribution in [0.15, 0.2) is 66.9 Å². The van der Waals surface area contributed by atoms with Crippen molar-refractivity contribution in [3.63, 3.8) is 0 Å². The molecule has 1 aliphatic heterocycles. The number of pyridine rings is 1. The minimum absolute atomic E-state index is 0.190. The van der Waals surface area contributed by atoms with Crippen molar-refractivity contribution in [3.8, 4) is 5.75 Å². The molecule has 4 rings (SSSR count). The summed E-state index contributed by atoms with van der Waals surface area (Å²) in [4.78, 5) is 17.4. The maximum atomic E-state index is 13.4. The molecule has 2 heterocycles. The van der Waals surface area contributed by atoms with Crippen LogP contribution in [0, 0.1) is 0 Å². The van der Waals surface area contributed by atoms with Crippen molar-refractivity contribution >= 4 is 23.5 Å². The molecule has 0 saturated carbocycles. The number of benzene rings is 2. The highest BCUT2D eigenvalue weighted by Crippen LogP contribution is 2.40. The fourth-order valence-electron chi connectivity index (χ4n) is 3.40. The van der Waals surface area contributed by atoms with Gasteiger partial charge in [-0.1, -0.05) is 18.2 Å². The minimum Gasteiger partial charge on any atom is -0.497 e. The lowest BCUT2D eigenvalue weighted by atomic mass is 10.0. The number of rotatable bonds is 4. The van der Waals surface area contributed by atoms with Crippen molar-refractivity contribution < 1.29 is 22.7 Å². The molecule has 0 unspecified atom stereocenters. The lowest BCUT2D eigenvalue weighted by Gasteiger charge is -2.30. The summed E-state index contributed by atoms with van der Waals surface area (Å²) < 4.78 is 45.2. The molecule has 3 aromatic rings. The summed E-state index contributed by atoms with van der Waals surface area (Å²) in [5, 5.41) is 2.85. The quantitative estimate of drug-likeness (QED) is 0.583. The van der Waals surface area contributed by atoms with Crippen LogP contribution in [0.5, 0.6) is 5.75 Å². The van der Waals surface area contributed by atoms with E-state index in [4.69, 9.17) is 4.74 Å². The van der Waals surface area contributed by atoms with Gasteiger partial charge in [-0.25, -0.2) is 9.99 Å². The fourth-order valence-corrected chi connectivity index (χ4v) is 3.40. The summed E-state index contributed by atoms with van der Waals surface area (Å²) in [5.41, 5.74) is 0.605. The zero-order chi connectivity index (χ0) is 22.2. The first kappa shape index (κ1) is 20.5. The summed E-state index contributed by atoms with van der Waals surface area (Å²) in [5.74, 6) is 0.684. The number of carbonyl (C=O) groups excluding carboxylic acids is 1. The molecular weight excluding hydrogens is 407 g/mol. The predicted molar refractivity (Wildman–Crippen MR) is 111 cm³/mol. The predicted octanol–water partition coefficient (Wildman–Crippen LogP) is 5.11. The Morgan fingerprint density at radius 1 is 1.03 bits per heavy atom. The van der Waals surface area contributed by atoms with Crippen LogP contribution >= 0.6 is 0 Å². The van der Waals surface area contributed by atoms with E-state index in [9.17, 15) is 18.0 Å². The second kappa shape index (κ2) is 7.79. The number of nitrogens with zero attached hydrogens (tertiary/aromatic N) is 3. The number of methoxy groups -OCH3 is 1. The molecule has 0 atom stereocenters. The molecule has 0 saturated heterocycles. The molecule has 0 fully saturated rings. The van der Waals surface area contributed by atoms with Gasteiger partial charge in [0.15, 0.2) is 0 Å². The van der Waals surface area contributed by atoms with Crippen molar-refractivity contribution in [1.82, 2.24) is 9.99 Å². The first-order valence-corrected chi connectivity index (χ1v) is 9.36. The average molecular weight is 425 g/mol. The van der Waals surface area contributed by atoms with Gasteiger partial charge in [0, 0.05) is 18.8 Å². The number of amides is 1. The van der Waals surface area contributed by atoms with Gasteiger partial charge in [-0.15, -0.1) is 0 Å². The van der Waals surface area contributed by atoms with Gasteiger partial charge < -0.3 is 4.74 Å². The van der Waals surface area contributed by atoms with Gasteiger partial charge in [0.25, 0.3) is 5.91 Å². The number of hydrogen-bond donors (Lipinski definition) is 0. The van der Waals surface area contributed by atoms with Crippen LogP contribution in [-0.4, -0.2) is 30.1 Å². The normalized spacial score (nSPS) is 14.7. The number of ether oxygens (including phenoxy) is 1. The van der Waals surface area contributed by atoms with Crippen LogP contribution < -0.4 is 9.75 Å². The number of aromatic nitrogens is 1. The molecule has 0 radical (unpaired) electrons. The molecule has 0 aliphatic carbocycles. The van der Waals surface area contributed by atoms with Gasteiger partial charge in [0.1, 0.15) is 11.6 Å². The van der Waals surface area contributed by atoms with Gasteiger partial charge in [-0.2, -0.15) is 13.2 Å². The number of anilines is 1. The molecule has 1 amide bonds. The third kappa shape index (κ3) is 3.84. The molecule has 158 valence electrons. The van der Waals surface area contributed by atoms with E-state index in [0.717, 1.165) is 12.1 Å². The second-order valence-electron chi connectivity index (χ2n) is 6.89. The molecule has 1 aliphatic rings. The SMILES string of the molecule is COc1ccc(C=C2c3cc(C(F)(F)F)ccc3C(=O)N2N(C)c2ccccn2)cc1. The topological polar surface area (TPSA) is 45.7 Å². The van der Waals surface area contributed by atoms with Gasteiger partial charge in [0.2, 0.25) is 0 Å². The van der Waals surface area contributed by atoms with Crippen LogP contribution in [-0.2, 0) is 6.18 Å². The number of halogens is 3. The van der Waals surface area contributed by atoms with E-state index in [-0.39, 0.29) is 11.1 Å². The van der Waals surface area contributed by atoms with Crippen LogP contribution in [0.1, 0.15) is 27.0 Å². The highest BCUT2D eigenvalue weighted by molar-refractivity contribution is 6.12. The maximum absolute atomic E-state index is 13.4. The molecular formula is C23H18F3N3O2. The molecule has 1 aromatic heterocycles. The summed E-state index contributed by atoms with van der Waals surface area (Å²) in [6.45, 7) is 0.